The molecule has 134 valence electrons. The molecule has 1 fully saturated rings. The molecular weight excluding hydrogens is 323 g/mol. The summed E-state index contributed by atoms with van der Waals surface area (Å²) in [5.41, 5.74) is 0.800. The number of likely N-dealkylation sites (tertiary alicyclic amines) is 1. The minimum absolute atomic E-state index is 0.100. The zero-order valence-electron chi connectivity index (χ0n) is 14.6. The van der Waals surface area contributed by atoms with Gasteiger partial charge in [0.25, 0.3) is 0 Å². The van der Waals surface area contributed by atoms with Crippen molar-refractivity contribution < 1.29 is 13.9 Å². The highest BCUT2D eigenvalue weighted by molar-refractivity contribution is 5.76. The van der Waals surface area contributed by atoms with Crippen molar-refractivity contribution in [2.45, 2.75) is 31.6 Å². The molecule has 1 saturated heterocycles. The number of aryl methyl sites for hydroxylation is 2. The molecule has 2 heterocycles. The molecule has 6 nitrogen and oxygen atoms in total. The van der Waals surface area contributed by atoms with E-state index in [1.165, 1.54) is 13.2 Å². The lowest BCUT2D eigenvalue weighted by molar-refractivity contribution is -0.132. The van der Waals surface area contributed by atoms with Gasteiger partial charge in [-0.2, -0.15) is 0 Å². The van der Waals surface area contributed by atoms with Crippen LogP contribution in [0.5, 0.6) is 5.75 Å². The van der Waals surface area contributed by atoms with Gasteiger partial charge in [-0.1, -0.05) is 6.07 Å². The van der Waals surface area contributed by atoms with Crippen LogP contribution in [0.15, 0.2) is 24.5 Å². The van der Waals surface area contributed by atoms with Crippen LogP contribution in [-0.4, -0.2) is 45.8 Å². The van der Waals surface area contributed by atoms with E-state index in [-0.39, 0.29) is 17.6 Å². The first-order chi connectivity index (χ1) is 12.1. The molecule has 0 spiro atoms. The molecule has 1 unspecified atom stereocenters. The smallest absolute Gasteiger partial charge is 0.222 e. The van der Waals surface area contributed by atoms with Crippen LogP contribution in [0.25, 0.3) is 0 Å². The Morgan fingerprint density at radius 3 is 2.96 bits per heavy atom. The number of piperidine rings is 1. The number of ether oxygens (including phenoxy) is 1. The monoisotopic (exact) mass is 346 g/mol. The maximum absolute atomic E-state index is 13.7. The summed E-state index contributed by atoms with van der Waals surface area (Å²) in [6, 6.07) is 4.83. The Hall–Kier alpha value is -2.44. The van der Waals surface area contributed by atoms with Gasteiger partial charge in [0, 0.05) is 32.5 Å². The summed E-state index contributed by atoms with van der Waals surface area (Å²) in [7, 11) is 3.36. The van der Waals surface area contributed by atoms with Gasteiger partial charge in [-0.05, 0) is 37.0 Å². The highest BCUT2D eigenvalue weighted by atomic mass is 19.1. The number of nitrogens with zero attached hydrogens (tertiary/aromatic N) is 4. The molecule has 0 N–H and O–H groups in total. The number of methoxy groups -OCH3 is 1. The number of amides is 1. The third kappa shape index (κ3) is 3.97. The molecular formula is C18H23FN4O2. The Kier molecular flexibility index (Phi) is 5.31. The van der Waals surface area contributed by atoms with Crippen LogP contribution < -0.4 is 4.74 Å². The molecule has 1 aliphatic heterocycles. The molecule has 0 aliphatic carbocycles. The fraction of sp³-hybridized carbons (Fsp3) is 0.500. The summed E-state index contributed by atoms with van der Waals surface area (Å²) in [5, 5.41) is 8.10. The van der Waals surface area contributed by atoms with Crippen LogP contribution in [-0.2, 0) is 18.3 Å². The Labute approximate surface area is 146 Å². The normalized spacial score (nSPS) is 17.6. The van der Waals surface area contributed by atoms with Crippen molar-refractivity contribution in [1.29, 1.82) is 0 Å². The Balaban J connectivity index is 1.57. The quantitative estimate of drug-likeness (QED) is 0.833. The Morgan fingerprint density at radius 1 is 1.44 bits per heavy atom. The maximum Gasteiger partial charge on any atom is 0.222 e. The van der Waals surface area contributed by atoms with Crippen LogP contribution in [0, 0.1) is 5.82 Å². The molecule has 2 aromatic rings. The molecule has 0 saturated carbocycles. The fourth-order valence-electron chi connectivity index (χ4n) is 3.35. The molecule has 0 radical (unpaired) electrons. The number of carbonyl (C=O) groups is 1. The van der Waals surface area contributed by atoms with E-state index in [2.05, 4.69) is 10.2 Å². The van der Waals surface area contributed by atoms with Crippen molar-refractivity contribution in [2.75, 3.05) is 20.2 Å². The van der Waals surface area contributed by atoms with Gasteiger partial charge in [0.05, 0.1) is 7.11 Å². The summed E-state index contributed by atoms with van der Waals surface area (Å²) < 4.78 is 20.6. The number of aromatic nitrogens is 3. The second-order valence-corrected chi connectivity index (χ2v) is 6.45. The SMILES string of the molecule is COc1ccc(CCC(=O)N2CCCC(c3nncn3C)C2)cc1F. The van der Waals surface area contributed by atoms with Crippen molar-refractivity contribution >= 4 is 5.91 Å². The molecule has 25 heavy (non-hydrogen) atoms. The topological polar surface area (TPSA) is 60.2 Å². The largest absolute Gasteiger partial charge is 0.494 e. The van der Waals surface area contributed by atoms with Crippen LogP contribution in [0.4, 0.5) is 4.39 Å². The van der Waals surface area contributed by atoms with E-state index in [1.54, 1.807) is 18.5 Å². The average Bonchev–Trinajstić information content (AvgIpc) is 3.06. The van der Waals surface area contributed by atoms with Gasteiger partial charge in [0.15, 0.2) is 11.6 Å². The predicted octanol–water partition coefficient (Wildman–Crippen LogP) is 2.30. The van der Waals surface area contributed by atoms with E-state index < -0.39 is 5.82 Å². The molecule has 1 aromatic heterocycles. The van der Waals surface area contributed by atoms with Gasteiger partial charge in [-0.25, -0.2) is 4.39 Å². The third-order valence-corrected chi connectivity index (χ3v) is 4.73. The predicted molar refractivity (Wildman–Crippen MR) is 90.8 cm³/mol. The van der Waals surface area contributed by atoms with Crippen molar-refractivity contribution in [3.8, 4) is 5.75 Å². The van der Waals surface area contributed by atoms with E-state index in [1.807, 2.05) is 16.5 Å². The summed E-state index contributed by atoms with van der Waals surface area (Å²) >= 11 is 0. The number of benzene rings is 1. The van der Waals surface area contributed by atoms with E-state index in [0.29, 0.717) is 19.4 Å². The summed E-state index contributed by atoms with van der Waals surface area (Å²) in [6.45, 7) is 1.44. The standard InChI is InChI=1S/C18H23FN4O2/c1-22-12-20-21-18(22)14-4-3-9-23(11-14)17(24)8-6-13-5-7-16(25-2)15(19)10-13/h5,7,10,12,14H,3-4,6,8-9,11H2,1-2H3. The molecule has 1 amide bonds. The zero-order valence-corrected chi connectivity index (χ0v) is 14.6. The van der Waals surface area contributed by atoms with E-state index in [9.17, 15) is 9.18 Å². The van der Waals surface area contributed by atoms with Crippen LogP contribution in [0.2, 0.25) is 0 Å². The summed E-state index contributed by atoms with van der Waals surface area (Å²) in [4.78, 5) is 14.4. The van der Waals surface area contributed by atoms with E-state index >= 15 is 0 Å². The molecule has 3 rings (SSSR count). The number of rotatable bonds is 5. The second-order valence-electron chi connectivity index (χ2n) is 6.45. The highest BCUT2D eigenvalue weighted by Crippen LogP contribution is 2.26. The number of carbonyl (C=O) groups excluding carboxylic acids is 1. The van der Waals surface area contributed by atoms with Crippen LogP contribution >= 0.6 is 0 Å². The molecule has 0 bridgehead atoms. The Morgan fingerprint density at radius 2 is 2.28 bits per heavy atom. The number of hydrogen-bond donors (Lipinski definition) is 0. The van der Waals surface area contributed by atoms with Crippen LogP contribution in [0.1, 0.15) is 36.6 Å². The van der Waals surface area contributed by atoms with Gasteiger partial charge >= 0.3 is 0 Å². The molecule has 1 aromatic carbocycles. The fourth-order valence-corrected chi connectivity index (χ4v) is 3.35. The van der Waals surface area contributed by atoms with Crippen molar-refractivity contribution in [1.82, 2.24) is 19.7 Å². The van der Waals surface area contributed by atoms with Gasteiger partial charge in [-0.3, -0.25) is 4.79 Å². The third-order valence-electron chi connectivity index (χ3n) is 4.73. The van der Waals surface area contributed by atoms with Crippen molar-refractivity contribution in [3.63, 3.8) is 0 Å². The van der Waals surface area contributed by atoms with E-state index in [0.717, 1.165) is 30.8 Å². The van der Waals surface area contributed by atoms with Crippen molar-refractivity contribution in [2.24, 2.45) is 7.05 Å². The first-order valence-corrected chi connectivity index (χ1v) is 8.52. The number of hydrogen-bond acceptors (Lipinski definition) is 4. The van der Waals surface area contributed by atoms with Gasteiger partial charge in [0.2, 0.25) is 5.91 Å². The van der Waals surface area contributed by atoms with Gasteiger partial charge in [-0.15, -0.1) is 10.2 Å². The lowest BCUT2D eigenvalue weighted by atomic mass is 9.96. The lowest BCUT2D eigenvalue weighted by Crippen LogP contribution is -2.39. The molecule has 1 atom stereocenters. The number of halogens is 1. The minimum Gasteiger partial charge on any atom is -0.494 e. The first kappa shape index (κ1) is 17.4. The average molecular weight is 346 g/mol. The minimum atomic E-state index is -0.396. The molecule has 1 aliphatic rings. The van der Waals surface area contributed by atoms with Crippen molar-refractivity contribution in [3.05, 3.63) is 41.7 Å². The Bertz CT molecular complexity index is 746. The molecule has 7 heteroatoms. The maximum atomic E-state index is 13.7. The highest BCUT2D eigenvalue weighted by Gasteiger charge is 2.27. The zero-order chi connectivity index (χ0) is 17.8. The summed E-state index contributed by atoms with van der Waals surface area (Å²) in [6.07, 6.45) is 4.55. The second kappa shape index (κ2) is 7.63. The first-order valence-electron chi connectivity index (χ1n) is 8.52. The summed E-state index contributed by atoms with van der Waals surface area (Å²) in [5.74, 6) is 1.08. The lowest BCUT2D eigenvalue weighted by Gasteiger charge is -2.32. The van der Waals surface area contributed by atoms with Gasteiger partial charge in [0.1, 0.15) is 12.2 Å². The van der Waals surface area contributed by atoms with Gasteiger partial charge < -0.3 is 14.2 Å². The van der Waals surface area contributed by atoms with E-state index in [4.69, 9.17) is 4.74 Å². The van der Waals surface area contributed by atoms with Crippen LogP contribution in [0.3, 0.4) is 0 Å².